The number of carbonyl (C=O) groups is 2. The Balaban J connectivity index is 2.71. The van der Waals surface area contributed by atoms with Crippen LogP contribution in [-0.2, 0) is 15.8 Å². The van der Waals surface area contributed by atoms with E-state index in [4.69, 9.17) is 11.6 Å². The molecule has 0 aliphatic carbocycles. The van der Waals surface area contributed by atoms with E-state index in [9.17, 15) is 22.8 Å². The minimum Gasteiger partial charge on any atom is -0.353 e. The lowest BCUT2D eigenvalue weighted by Gasteiger charge is -2.20. The number of rotatable bonds is 7. The number of likely N-dealkylation sites (N-methyl/N-ethyl adjacent to an activating group) is 1. The number of anilines is 1. The van der Waals surface area contributed by atoms with Gasteiger partial charge in [-0.3, -0.25) is 14.5 Å². The predicted molar refractivity (Wildman–Crippen MR) is 90.5 cm³/mol. The third-order valence-corrected chi connectivity index (χ3v) is 3.52. The lowest BCUT2D eigenvalue weighted by molar-refractivity contribution is -0.137. The van der Waals surface area contributed by atoms with Crippen LogP contribution in [0.3, 0.4) is 0 Å². The standard InChI is InChI=1S/C16H21ClF3N3O2/c1-4-23(8-14(24)21-10(2)3)9-15(25)22-11-5-6-13(17)12(7-11)16(18,19)20/h5-7,10H,4,8-9H2,1-3H3,(H,21,24)(H,22,25). The summed E-state index contributed by atoms with van der Waals surface area (Å²) >= 11 is 5.54. The Kier molecular flexibility index (Phi) is 7.69. The van der Waals surface area contributed by atoms with Crippen molar-refractivity contribution in [3.05, 3.63) is 28.8 Å². The Morgan fingerprint density at radius 2 is 1.80 bits per heavy atom. The predicted octanol–water partition coefficient (Wildman–Crippen LogP) is 3.14. The zero-order valence-corrected chi connectivity index (χ0v) is 15.0. The van der Waals surface area contributed by atoms with E-state index >= 15 is 0 Å². The Hall–Kier alpha value is -1.80. The van der Waals surface area contributed by atoms with Gasteiger partial charge in [0.1, 0.15) is 0 Å². The highest BCUT2D eigenvalue weighted by Crippen LogP contribution is 2.36. The molecule has 1 rings (SSSR count). The van der Waals surface area contributed by atoms with Crippen LogP contribution in [0.2, 0.25) is 5.02 Å². The molecule has 0 heterocycles. The fourth-order valence-electron chi connectivity index (χ4n) is 2.07. The maximum absolute atomic E-state index is 12.8. The normalized spacial score (nSPS) is 11.7. The van der Waals surface area contributed by atoms with Gasteiger partial charge in [-0.15, -0.1) is 0 Å². The molecule has 0 saturated heterocycles. The average molecular weight is 380 g/mol. The van der Waals surface area contributed by atoms with Gasteiger partial charge in [0.15, 0.2) is 0 Å². The highest BCUT2D eigenvalue weighted by molar-refractivity contribution is 6.31. The van der Waals surface area contributed by atoms with Crippen molar-refractivity contribution in [2.24, 2.45) is 0 Å². The average Bonchev–Trinajstić information content (AvgIpc) is 2.46. The van der Waals surface area contributed by atoms with Crippen LogP contribution in [0.1, 0.15) is 26.3 Å². The molecule has 2 amide bonds. The minimum atomic E-state index is -4.61. The molecule has 0 aliphatic heterocycles. The molecule has 0 radical (unpaired) electrons. The second-order valence-electron chi connectivity index (χ2n) is 5.77. The first-order valence-corrected chi connectivity index (χ1v) is 8.09. The van der Waals surface area contributed by atoms with Crippen LogP contribution < -0.4 is 10.6 Å². The van der Waals surface area contributed by atoms with Gasteiger partial charge in [-0.1, -0.05) is 18.5 Å². The maximum atomic E-state index is 12.8. The van der Waals surface area contributed by atoms with E-state index in [0.29, 0.717) is 6.54 Å². The van der Waals surface area contributed by atoms with Crippen molar-refractivity contribution in [1.82, 2.24) is 10.2 Å². The largest absolute Gasteiger partial charge is 0.417 e. The van der Waals surface area contributed by atoms with E-state index in [-0.39, 0.29) is 30.7 Å². The van der Waals surface area contributed by atoms with E-state index < -0.39 is 22.7 Å². The number of benzene rings is 1. The molecular weight excluding hydrogens is 359 g/mol. The lowest BCUT2D eigenvalue weighted by atomic mass is 10.2. The van der Waals surface area contributed by atoms with Crippen LogP contribution in [0.15, 0.2) is 18.2 Å². The van der Waals surface area contributed by atoms with E-state index in [2.05, 4.69) is 10.6 Å². The molecule has 0 bridgehead atoms. The summed E-state index contributed by atoms with van der Waals surface area (Å²) in [4.78, 5) is 25.3. The summed E-state index contributed by atoms with van der Waals surface area (Å²) in [6.07, 6.45) is -4.61. The fourth-order valence-corrected chi connectivity index (χ4v) is 2.30. The third kappa shape index (κ3) is 7.31. The van der Waals surface area contributed by atoms with Gasteiger partial charge in [-0.2, -0.15) is 13.2 Å². The summed E-state index contributed by atoms with van der Waals surface area (Å²) in [6, 6.07) is 3.13. The Morgan fingerprint density at radius 3 is 2.32 bits per heavy atom. The Bertz CT molecular complexity index is 621. The summed E-state index contributed by atoms with van der Waals surface area (Å²) in [7, 11) is 0. The molecule has 0 saturated carbocycles. The smallest absolute Gasteiger partial charge is 0.353 e. The molecule has 0 aliphatic rings. The molecule has 0 fully saturated rings. The van der Waals surface area contributed by atoms with E-state index in [0.717, 1.165) is 12.1 Å². The van der Waals surface area contributed by atoms with E-state index in [1.165, 1.54) is 6.07 Å². The van der Waals surface area contributed by atoms with Gasteiger partial charge in [-0.25, -0.2) is 0 Å². The maximum Gasteiger partial charge on any atom is 0.417 e. The molecule has 0 atom stereocenters. The molecular formula is C16H21ClF3N3O2. The quantitative estimate of drug-likeness (QED) is 0.765. The number of hydrogen-bond acceptors (Lipinski definition) is 3. The van der Waals surface area contributed by atoms with Gasteiger partial charge in [-0.05, 0) is 38.6 Å². The van der Waals surface area contributed by atoms with Gasteiger partial charge >= 0.3 is 6.18 Å². The zero-order chi connectivity index (χ0) is 19.2. The van der Waals surface area contributed by atoms with Crippen LogP contribution >= 0.6 is 11.6 Å². The summed E-state index contributed by atoms with van der Waals surface area (Å²) in [5.41, 5.74) is -1.03. The van der Waals surface area contributed by atoms with Crippen molar-refractivity contribution in [3.8, 4) is 0 Å². The highest BCUT2D eigenvalue weighted by Gasteiger charge is 2.33. The summed E-state index contributed by atoms with van der Waals surface area (Å²) in [5, 5.41) is 4.66. The number of nitrogens with one attached hydrogen (secondary N) is 2. The van der Waals surface area contributed by atoms with E-state index in [1.54, 1.807) is 11.8 Å². The second kappa shape index (κ2) is 9.05. The summed E-state index contributed by atoms with van der Waals surface area (Å²) < 4.78 is 38.5. The van der Waals surface area contributed by atoms with Gasteiger partial charge < -0.3 is 10.6 Å². The molecule has 140 valence electrons. The number of halogens is 4. The van der Waals surface area contributed by atoms with Crippen LogP contribution in [-0.4, -0.2) is 42.4 Å². The van der Waals surface area contributed by atoms with Gasteiger partial charge in [0, 0.05) is 11.7 Å². The van der Waals surface area contributed by atoms with Crippen molar-refractivity contribution >= 4 is 29.1 Å². The van der Waals surface area contributed by atoms with Gasteiger partial charge in [0.25, 0.3) is 0 Å². The van der Waals surface area contributed by atoms with Crippen LogP contribution in [0.4, 0.5) is 18.9 Å². The van der Waals surface area contributed by atoms with Crippen molar-refractivity contribution in [2.75, 3.05) is 25.0 Å². The Morgan fingerprint density at radius 1 is 1.20 bits per heavy atom. The highest BCUT2D eigenvalue weighted by atomic mass is 35.5. The van der Waals surface area contributed by atoms with E-state index in [1.807, 2.05) is 13.8 Å². The van der Waals surface area contributed by atoms with Gasteiger partial charge in [0.2, 0.25) is 11.8 Å². The molecule has 5 nitrogen and oxygen atoms in total. The monoisotopic (exact) mass is 379 g/mol. The molecule has 25 heavy (non-hydrogen) atoms. The first-order chi connectivity index (χ1) is 11.5. The van der Waals surface area contributed by atoms with Crippen molar-refractivity contribution in [1.29, 1.82) is 0 Å². The molecule has 1 aromatic carbocycles. The zero-order valence-electron chi connectivity index (χ0n) is 14.2. The number of hydrogen-bond donors (Lipinski definition) is 2. The number of nitrogens with zero attached hydrogens (tertiary/aromatic N) is 1. The van der Waals surface area contributed by atoms with Crippen LogP contribution in [0.5, 0.6) is 0 Å². The Labute approximate surface area is 149 Å². The first-order valence-electron chi connectivity index (χ1n) is 7.71. The SMILES string of the molecule is CCN(CC(=O)Nc1ccc(Cl)c(C(F)(F)F)c1)CC(=O)NC(C)C. The molecule has 1 aromatic rings. The van der Waals surface area contributed by atoms with Crippen molar-refractivity contribution < 1.29 is 22.8 Å². The summed E-state index contributed by atoms with van der Waals surface area (Å²) in [5.74, 6) is -0.745. The number of carbonyl (C=O) groups excluding carboxylic acids is 2. The van der Waals surface area contributed by atoms with Crippen LogP contribution in [0.25, 0.3) is 0 Å². The van der Waals surface area contributed by atoms with Crippen LogP contribution in [0, 0.1) is 0 Å². The first kappa shape index (κ1) is 21.2. The van der Waals surface area contributed by atoms with Crippen molar-refractivity contribution in [2.45, 2.75) is 33.0 Å². The lowest BCUT2D eigenvalue weighted by Crippen LogP contribution is -2.42. The molecule has 9 heteroatoms. The fraction of sp³-hybridized carbons (Fsp3) is 0.500. The molecule has 0 spiro atoms. The second-order valence-corrected chi connectivity index (χ2v) is 6.17. The van der Waals surface area contributed by atoms with Gasteiger partial charge in [0.05, 0.1) is 23.7 Å². The third-order valence-electron chi connectivity index (χ3n) is 3.19. The topological polar surface area (TPSA) is 61.4 Å². The molecule has 2 N–H and O–H groups in total. The minimum absolute atomic E-state index is 0.00981. The molecule has 0 unspecified atom stereocenters. The van der Waals surface area contributed by atoms with Crippen molar-refractivity contribution in [3.63, 3.8) is 0 Å². The number of alkyl halides is 3. The molecule has 0 aromatic heterocycles. The number of amides is 2. The summed E-state index contributed by atoms with van der Waals surface area (Å²) in [6.45, 7) is 5.76.